The van der Waals surface area contributed by atoms with E-state index in [9.17, 15) is 5.11 Å². The molecule has 0 spiro atoms. The van der Waals surface area contributed by atoms with Gasteiger partial charge >= 0.3 is 0 Å². The molecule has 21 heavy (non-hydrogen) atoms. The smallest absolute Gasteiger partial charge is 0.0636 e. The van der Waals surface area contributed by atoms with Gasteiger partial charge in [-0.05, 0) is 49.7 Å². The first-order valence-electron chi connectivity index (χ1n) is 8.50. The van der Waals surface area contributed by atoms with Gasteiger partial charge in [0.05, 0.1) is 6.10 Å². The summed E-state index contributed by atoms with van der Waals surface area (Å²) < 4.78 is 0. The first-order valence-corrected chi connectivity index (χ1v) is 8.50. The molecule has 2 aliphatic rings. The zero-order chi connectivity index (χ0) is 15.0. The van der Waals surface area contributed by atoms with E-state index in [-0.39, 0.29) is 11.5 Å². The lowest BCUT2D eigenvalue weighted by Gasteiger charge is -2.44. The summed E-state index contributed by atoms with van der Waals surface area (Å²) in [7, 11) is 0. The maximum Gasteiger partial charge on any atom is 0.0636 e. The van der Waals surface area contributed by atoms with Crippen LogP contribution in [0.5, 0.6) is 0 Å². The molecule has 0 saturated heterocycles. The Morgan fingerprint density at radius 1 is 1.29 bits per heavy atom. The number of hydrogen-bond donors (Lipinski definition) is 1. The van der Waals surface area contributed by atoms with Crippen molar-refractivity contribution in [2.45, 2.75) is 59.0 Å². The van der Waals surface area contributed by atoms with Gasteiger partial charge in [0.2, 0.25) is 0 Å². The molecule has 2 nitrogen and oxygen atoms in total. The topological polar surface area (TPSA) is 23.5 Å². The molecule has 2 heteroatoms. The molecule has 0 aromatic heterocycles. The van der Waals surface area contributed by atoms with E-state index in [4.69, 9.17) is 0 Å². The number of nitrogens with zero attached hydrogens (tertiary/aromatic N) is 1. The van der Waals surface area contributed by atoms with Crippen LogP contribution in [0, 0.1) is 18.3 Å². The van der Waals surface area contributed by atoms with Crippen LogP contribution in [0.1, 0.15) is 50.7 Å². The molecule has 1 aliphatic carbocycles. The Kier molecular flexibility index (Phi) is 4.00. The highest BCUT2D eigenvalue weighted by Gasteiger charge is 2.38. The van der Waals surface area contributed by atoms with Crippen molar-refractivity contribution in [3.05, 3.63) is 29.3 Å². The van der Waals surface area contributed by atoms with Crippen LogP contribution >= 0.6 is 0 Å². The third-order valence-corrected chi connectivity index (χ3v) is 5.55. The van der Waals surface area contributed by atoms with Gasteiger partial charge in [-0.3, -0.25) is 0 Å². The van der Waals surface area contributed by atoms with E-state index in [0.717, 1.165) is 19.5 Å². The summed E-state index contributed by atoms with van der Waals surface area (Å²) in [6.07, 6.45) is 5.85. The quantitative estimate of drug-likeness (QED) is 0.890. The van der Waals surface area contributed by atoms with Crippen molar-refractivity contribution in [2.75, 3.05) is 18.0 Å². The zero-order valence-corrected chi connectivity index (χ0v) is 13.7. The summed E-state index contributed by atoms with van der Waals surface area (Å²) in [6.45, 7) is 8.77. The van der Waals surface area contributed by atoms with Crippen LogP contribution in [0.4, 0.5) is 5.69 Å². The molecule has 0 radical (unpaired) electrons. The highest BCUT2D eigenvalue weighted by atomic mass is 16.3. The minimum Gasteiger partial charge on any atom is -0.392 e. The van der Waals surface area contributed by atoms with Crippen molar-refractivity contribution >= 4 is 5.69 Å². The number of fused-ring (bicyclic) bond motifs is 1. The number of benzene rings is 1. The molecule has 116 valence electrons. The van der Waals surface area contributed by atoms with Crippen molar-refractivity contribution in [1.29, 1.82) is 0 Å². The van der Waals surface area contributed by atoms with Gasteiger partial charge in [-0.1, -0.05) is 38.0 Å². The van der Waals surface area contributed by atoms with E-state index in [2.05, 4.69) is 43.9 Å². The Balaban J connectivity index is 1.77. The minimum atomic E-state index is -0.165. The Morgan fingerprint density at radius 2 is 2.10 bits per heavy atom. The fourth-order valence-electron chi connectivity index (χ4n) is 4.23. The summed E-state index contributed by atoms with van der Waals surface area (Å²) in [5, 5.41) is 10.7. The SMILES string of the molecule is Cc1ccc2c(c1)CCCN2CC1CCCC(C)(C)C1O. The summed E-state index contributed by atoms with van der Waals surface area (Å²) in [5.74, 6) is 0.418. The van der Waals surface area contributed by atoms with Crippen molar-refractivity contribution in [2.24, 2.45) is 11.3 Å². The average Bonchev–Trinajstić information content (AvgIpc) is 2.44. The van der Waals surface area contributed by atoms with Crippen LogP contribution in [0.3, 0.4) is 0 Å². The molecule has 2 atom stereocenters. The summed E-state index contributed by atoms with van der Waals surface area (Å²) in [6, 6.07) is 6.84. The molecular formula is C19H29NO. The molecule has 1 fully saturated rings. The van der Waals surface area contributed by atoms with Crippen molar-refractivity contribution < 1.29 is 5.11 Å². The molecule has 3 rings (SSSR count). The van der Waals surface area contributed by atoms with E-state index < -0.39 is 0 Å². The number of anilines is 1. The number of aliphatic hydroxyl groups is 1. The standard InChI is InChI=1S/C19H29NO/c1-14-8-9-17-15(12-14)7-5-11-20(17)13-16-6-4-10-19(2,3)18(16)21/h8-9,12,16,18,21H,4-7,10-11,13H2,1-3H3. The number of hydrogen-bond acceptors (Lipinski definition) is 2. The lowest BCUT2D eigenvalue weighted by Crippen LogP contribution is -2.46. The molecule has 0 bridgehead atoms. The van der Waals surface area contributed by atoms with Gasteiger partial charge in [0.25, 0.3) is 0 Å². The predicted octanol–water partition coefficient (Wildman–Crippen LogP) is 3.93. The average molecular weight is 287 g/mol. The first kappa shape index (κ1) is 14.9. The first-order chi connectivity index (χ1) is 9.97. The third kappa shape index (κ3) is 2.96. The third-order valence-electron chi connectivity index (χ3n) is 5.55. The van der Waals surface area contributed by atoms with E-state index in [0.29, 0.717) is 5.92 Å². The Labute approximate surface area is 129 Å². The highest BCUT2D eigenvalue weighted by molar-refractivity contribution is 5.56. The molecule has 1 aromatic rings. The molecule has 1 N–H and O–H groups in total. The second kappa shape index (κ2) is 5.64. The number of aliphatic hydroxyl groups excluding tert-OH is 1. The Hall–Kier alpha value is -1.02. The van der Waals surface area contributed by atoms with Gasteiger partial charge < -0.3 is 10.0 Å². The van der Waals surface area contributed by atoms with Gasteiger partial charge in [0.1, 0.15) is 0 Å². The highest BCUT2D eigenvalue weighted by Crippen LogP contribution is 2.40. The second-order valence-corrected chi connectivity index (χ2v) is 7.77. The number of aryl methyl sites for hydroxylation is 2. The zero-order valence-electron chi connectivity index (χ0n) is 13.7. The molecule has 1 saturated carbocycles. The Bertz CT molecular complexity index is 508. The van der Waals surface area contributed by atoms with Crippen LogP contribution in [0.15, 0.2) is 18.2 Å². The second-order valence-electron chi connectivity index (χ2n) is 7.77. The maximum absolute atomic E-state index is 10.7. The van der Waals surface area contributed by atoms with Gasteiger partial charge in [-0.25, -0.2) is 0 Å². The predicted molar refractivity (Wildman–Crippen MR) is 88.8 cm³/mol. The van der Waals surface area contributed by atoms with Gasteiger partial charge in [-0.2, -0.15) is 0 Å². The van der Waals surface area contributed by atoms with E-state index in [1.54, 1.807) is 0 Å². The summed E-state index contributed by atoms with van der Waals surface area (Å²) in [5.41, 5.74) is 4.33. The molecule has 1 heterocycles. The monoisotopic (exact) mass is 287 g/mol. The van der Waals surface area contributed by atoms with Crippen LogP contribution in [0.25, 0.3) is 0 Å². The van der Waals surface area contributed by atoms with E-state index in [1.807, 2.05) is 0 Å². The fourth-order valence-corrected chi connectivity index (χ4v) is 4.23. The Morgan fingerprint density at radius 3 is 2.90 bits per heavy atom. The van der Waals surface area contributed by atoms with Crippen LogP contribution in [-0.2, 0) is 6.42 Å². The minimum absolute atomic E-state index is 0.0782. The summed E-state index contributed by atoms with van der Waals surface area (Å²) >= 11 is 0. The lowest BCUT2D eigenvalue weighted by atomic mass is 9.69. The maximum atomic E-state index is 10.7. The molecular weight excluding hydrogens is 258 g/mol. The fraction of sp³-hybridized carbons (Fsp3) is 0.684. The molecule has 0 amide bonds. The normalized spacial score (nSPS) is 28.3. The molecule has 1 aliphatic heterocycles. The number of rotatable bonds is 2. The van der Waals surface area contributed by atoms with Gasteiger partial charge in [0.15, 0.2) is 0 Å². The van der Waals surface area contributed by atoms with E-state index in [1.165, 1.54) is 42.5 Å². The van der Waals surface area contributed by atoms with Crippen LogP contribution < -0.4 is 4.90 Å². The summed E-state index contributed by atoms with van der Waals surface area (Å²) in [4.78, 5) is 2.52. The molecule has 1 aromatic carbocycles. The van der Waals surface area contributed by atoms with Gasteiger partial charge in [-0.15, -0.1) is 0 Å². The van der Waals surface area contributed by atoms with Crippen molar-refractivity contribution in [3.63, 3.8) is 0 Å². The van der Waals surface area contributed by atoms with E-state index >= 15 is 0 Å². The molecule has 2 unspecified atom stereocenters. The van der Waals surface area contributed by atoms with Gasteiger partial charge in [0, 0.05) is 24.7 Å². The van der Waals surface area contributed by atoms with Crippen LogP contribution in [-0.4, -0.2) is 24.3 Å². The van der Waals surface area contributed by atoms with Crippen molar-refractivity contribution in [3.8, 4) is 0 Å². The van der Waals surface area contributed by atoms with Crippen molar-refractivity contribution in [1.82, 2.24) is 0 Å². The largest absolute Gasteiger partial charge is 0.392 e. The van der Waals surface area contributed by atoms with Crippen LogP contribution in [0.2, 0.25) is 0 Å². The lowest BCUT2D eigenvalue weighted by molar-refractivity contribution is -0.0293.